The number of hydrogen-bond donors (Lipinski definition) is 2. The Kier molecular flexibility index (Phi) is 7.46. The highest BCUT2D eigenvalue weighted by Gasteiger charge is 2.22. The van der Waals surface area contributed by atoms with Crippen LogP contribution >= 0.6 is 11.6 Å². The van der Waals surface area contributed by atoms with Gasteiger partial charge in [0.05, 0.1) is 7.11 Å². The molecule has 3 aromatic rings. The molecule has 3 rings (SSSR count). The van der Waals surface area contributed by atoms with E-state index in [0.29, 0.717) is 23.6 Å². The van der Waals surface area contributed by atoms with Gasteiger partial charge in [-0.15, -0.1) is 0 Å². The average Bonchev–Trinajstić information content (AvgIpc) is 2.78. The molecule has 0 aliphatic rings. The normalized spacial score (nSPS) is 11.4. The van der Waals surface area contributed by atoms with E-state index < -0.39 is 6.04 Å². The standard InChI is InChI=1S/C24H23ClN2O3/c1-30-21-9-5-8-18(14-21)16-26-24(29)22(15-17-6-3-2-4-7-17)27-23(28)19-10-12-20(25)13-11-19/h2-14,22H,15-16H2,1H3,(H,26,29)(H,27,28). The second kappa shape index (κ2) is 10.5. The van der Waals surface area contributed by atoms with Crippen LogP contribution in [0, 0.1) is 0 Å². The quantitative estimate of drug-likeness (QED) is 0.576. The highest BCUT2D eigenvalue weighted by atomic mass is 35.5. The molecule has 0 spiro atoms. The van der Waals surface area contributed by atoms with Crippen LogP contribution in [0.4, 0.5) is 0 Å². The summed E-state index contributed by atoms with van der Waals surface area (Å²) in [6.45, 7) is 0.331. The summed E-state index contributed by atoms with van der Waals surface area (Å²) in [6.07, 6.45) is 0.379. The molecule has 0 aromatic heterocycles. The molecule has 1 atom stereocenters. The molecular weight excluding hydrogens is 400 g/mol. The second-order valence-electron chi connectivity index (χ2n) is 6.79. The fourth-order valence-corrected chi connectivity index (χ4v) is 3.12. The molecule has 0 radical (unpaired) electrons. The molecule has 0 heterocycles. The van der Waals surface area contributed by atoms with Crippen molar-refractivity contribution in [3.8, 4) is 5.75 Å². The van der Waals surface area contributed by atoms with Crippen LogP contribution in [0.25, 0.3) is 0 Å². The summed E-state index contributed by atoms with van der Waals surface area (Å²) in [5.74, 6) is 0.131. The van der Waals surface area contributed by atoms with E-state index in [2.05, 4.69) is 10.6 Å². The maximum absolute atomic E-state index is 12.9. The maximum atomic E-state index is 12.9. The minimum absolute atomic E-state index is 0.260. The largest absolute Gasteiger partial charge is 0.497 e. The Hall–Kier alpha value is -3.31. The third kappa shape index (κ3) is 6.09. The summed E-state index contributed by atoms with van der Waals surface area (Å²) in [6, 6.07) is 22.9. The fourth-order valence-electron chi connectivity index (χ4n) is 3.00. The van der Waals surface area contributed by atoms with Crippen LogP contribution in [0.1, 0.15) is 21.5 Å². The van der Waals surface area contributed by atoms with Crippen molar-refractivity contribution in [2.24, 2.45) is 0 Å². The lowest BCUT2D eigenvalue weighted by Crippen LogP contribution is -2.47. The Bertz CT molecular complexity index is 991. The summed E-state index contributed by atoms with van der Waals surface area (Å²) >= 11 is 5.90. The Morgan fingerprint density at radius 1 is 0.933 bits per heavy atom. The molecule has 0 saturated heterocycles. The van der Waals surface area contributed by atoms with E-state index in [-0.39, 0.29) is 11.8 Å². The number of rotatable bonds is 8. The van der Waals surface area contributed by atoms with Crippen molar-refractivity contribution in [1.82, 2.24) is 10.6 Å². The fraction of sp³-hybridized carbons (Fsp3) is 0.167. The first-order valence-electron chi connectivity index (χ1n) is 9.56. The maximum Gasteiger partial charge on any atom is 0.251 e. The number of ether oxygens (including phenoxy) is 1. The first kappa shape index (κ1) is 21.4. The van der Waals surface area contributed by atoms with Crippen molar-refractivity contribution >= 4 is 23.4 Å². The van der Waals surface area contributed by atoms with Gasteiger partial charge in [0.15, 0.2) is 0 Å². The van der Waals surface area contributed by atoms with Gasteiger partial charge in [-0.3, -0.25) is 9.59 Å². The van der Waals surface area contributed by atoms with E-state index in [9.17, 15) is 9.59 Å². The van der Waals surface area contributed by atoms with E-state index in [1.165, 1.54) is 0 Å². The summed E-state index contributed by atoms with van der Waals surface area (Å²) in [5.41, 5.74) is 2.30. The molecule has 154 valence electrons. The SMILES string of the molecule is COc1cccc(CNC(=O)C(Cc2ccccc2)NC(=O)c2ccc(Cl)cc2)c1. The molecular formula is C24H23ClN2O3. The lowest BCUT2D eigenvalue weighted by atomic mass is 10.0. The van der Waals surface area contributed by atoms with E-state index in [4.69, 9.17) is 16.3 Å². The van der Waals surface area contributed by atoms with Gasteiger partial charge >= 0.3 is 0 Å². The molecule has 2 N–H and O–H groups in total. The molecule has 30 heavy (non-hydrogen) atoms. The molecule has 0 saturated carbocycles. The van der Waals surface area contributed by atoms with Gasteiger partial charge in [0.2, 0.25) is 5.91 Å². The number of halogens is 1. The van der Waals surface area contributed by atoms with Gasteiger partial charge in [0.1, 0.15) is 11.8 Å². The van der Waals surface area contributed by atoms with Gasteiger partial charge in [-0.2, -0.15) is 0 Å². The van der Waals surface area contributed by atoms with Crippen molar-refractivity contribution < 1.29 is 14.3 Å². The number of hydrogen-bond acceptors (Lipinski definition) is 3. The Morgan fingerprint density at radius 3 is 2.33 bits per heavy atom. The molecule has 0 aliphatic heterocycles. The first-order chi connectivity index (χ1) is 14.5. The summed E-state index contributed by atoms with van der Waals surface area (Å²) < 4.78 is 5.22. The molecule has 0 aliphatic carbocycles. The molecule has 0 bridgehead atoms. The van der Waals surface area contributed by atoms with Crippen molar-refractivity contribution in [2.75, 3.05) is 7.11 Å². The summed E-state index contributed by atoms with van der Waals surface area (Å²) in [4.78, 5) is 25.6. The van der Waals surface area contributed by atoms with Crippen molar-refractivity contribution in [3.63, 3.8) is 0 Å². The smallest absolute Gasteiger partial charge is 0.251 e. The minimum Gasteiger partial charge on any atom is -0.497 e. The van der Waals surface area contributed by atoms with Gasteiger partial charge in [0, 0.05) is 23.6 Å². The Labute approximate surface area is 181 Å². The van der Waals surface area contributed by atoms with E-state index in [1.54, 1.807) is 31.4 Å². The Balaban J connectivity index is 1.71. The monoisotopic (exact) mass is 422 g/mol. The van der Waals surface area contributed by atoms with Crippen LogP contribution in [0.2, 0.25) is 5.02 Å². The zero-order chi connectivity index (χ0) is 21.3. The molecule has 0 fully saturated rings. The number of methoxy groups -OCH3 is 1. The molecule has 2 amide bonds. The number of nitrogens with one attached hydrogen (secondary N) is 2. The highest BCUT2D eigenvalue weighted by Crippen LogP contribution is 2.13. The van der Waals surface area contributed by atoms with E-state index in [0.717, 1.165) is 16.9 Å². The molecule has 6 heteroatoms. The number of benzene rings is 3. The highest BCUT2D eigenvalue weighted by molar-refractivity contribution is 6.30. The molecule has 5 nitrogen and oxygen atoms in total. The first-order valence-corrected chi connectivity index (χ1v) is 9.94. The number of amides is 2. The van der Waals surface area contributed by atoms with Gasteiger partial charge in [-0.05, 0) is 47.5 Å². The number of carbonyl (C=O) groups is 2. The van der Waals surface area contributed by atoms with Gasteiger partial charge in [0.25, 0.3) is 5.91 Å². The third-order valence-corrected chi connectivity index (χ3v) is 4.86. The van der Waals surface area contributed by atoms with Gasteiger partial charge < -0.3 is 15.4 Å². The number of carbonyl (C=O) groups excluding carboxylic acids is 2. The lowest BCUT2D eigenvalue weighted by molar-refractivity contribution is -0.123. The molecule has 3 aromatic carbocycles. The van der Waals surface area contributed by atoms with Crippen LogP contribution in [0.3, 0.4) is 0 Å². The Morgan fingerprint density at radius 2 is 1.63 bits per heavy atom. The minimum atomic E-state index is -0.721. The third-order valence-electron chi connectivity index (χ3n) is 4.61. The predicted octanol–water partition coefficient (Wildman–Crippen LogP) is 4.01. The second-order valence-corrected chi connectivity index (χ2v) is 7.23. The topological polar surface area (TPSA) is 67.4 Å². The van der Waals surface area contributed by atoms with Crippen molar-refractivity contribution in [2.45, 2.75) is 19.0 Å². The van der Waals surface area contributed by atoms with Crippen LogP contribution < -0.4 is 15.4 Å². The zero-order valence-corrected chi connectivity index (χ0v) is 17.4. The summed E-state index contributed by atoms with van der Waals surface area (Å²) in [5, 5.41) is 6.29. The summed E-state index contributed by atoms with van der Waals surface area (Å²) in [7, 11) is 1.60. The van der Waals surface area contributed by atoms with E-state index >= 15 is 0 Å². The van der Waals surface area contributed by atoms with Crippen molar-refractivity contribution in [3.05, 3.63) is 101 Å². The zero-order valence-electron chi connectivity index (χ0n) is 16.6. The van der Waals surface area contributed by atoms with Crippen molar-refractivity contribution in [1.29, 1.82) is 0 Å². The molecule has 1 unspecified atom stereocenters. The van der Waals surface area contributed by atoms with Crippen LogP contribution in [-0.2, 0) is 17.8 Å². The predicted molar refractivity (Wildman–Crippen MR) is 118 cm³/mol. The average molecular weight is 423 g/mol. The van der Waals surface area contributed by atoms with Crippen LogP contribution in [0.15, 0.2) is 78.9 Å². The van der Waals surface area contributed by atoms with Gasteiger partial charge in [-0.1, -0.05) is 54.1 Å². The van der Waals surface area contributed by atoms with Crippen LogP contribution in [-0.4, -0.2) is 25.0 Å². The van der Waals surface area contributed by atoms with E-state index in [1.807, 2.05) is 54.6 Å². The lowest BCUT2D eigenvalue weighted by Gasteiger charge is -2.19. The van der Waals surface area contributed by atoms with Crippen LogP contribution in [0.5, 0.6) is 5.75 Å². The van der Waals surface area contributed by atoms with Gasteiger partial charge in [-0.25, -0.2) is 0 Å².